The van der Waals surface area contributed by atoms with E-state index in [-0.39, 0.29) is 0 Å². The fourth-order valence-corrected chi connectivity index (χ4v) is 2.26. The highest BCUT2D eigenvalue weighted by molar-refractivity contribution is 6.18. The topological polar surface area (TPSA) is 110 Å². The normalized spacial score (nSPS) is 11.2. The molecule has 0 saturated heterocycles. The number of rotatable bonds is 7. The van der Waals surface area contributed by atoms with Crippen LogP contribution in [0.2, 0.25) is 0 Å². The molecule has 0 aliphatic carbocycles. The van der Waals surface area contributed by atoms with E-state index in [4.69, 9.17) is 5.41 Å². The summed E-state index contributed by atoms with van der Waals surface area (Å²) in [4.78, 5) is 23.0. The number of carboxylic acid groups (broad SMARTS) is 2. The van der Waals surface area contributed by atoms with Crippen LogP contribution in [0.4, 0.5) is 0 Å². The largest absolute Gasteiger partial charge is 0.479 e. The first kappa shape index (κ1) is 16.4. The summed E-state index contributed by atoms with van der Waals surface area (Å²) >= 11 is 0. The monoisotopic (exact) mass is 312 g/mol. The van der Waals surface area contributed by atoms with Crippen molar-refractivity contribution in [1.29, 1.82) is 5.41 Å². The van der Waals surface area contributed by atoms with Crippen LogP contribution in [-0.4, -0.2) is 33.9 Å². The Morgan fingerprint density at radius 3 is 1.61 bits per heavy atom. The molecule has 6 nitrogen and oxygen atoms in total. The molecule has 0 radical (unpaired) electrons. The van der Waals surface area contributed by atoms with Gasteiger partial charge in [-0.25, -0.2) is 9.59 Å². The maximum absolute atomic E-state index is 11.5. The third kappa shape index (κ3) is 3.27. The second kappa shape index (κ2) is 6.85. The molecule has 0 aliphatic rings. The predicted molar refractivity (Wildman–Crippen MR) is 84.6 cm³/mol. The molecule has 0 saturated carbocycles. The second-order valence-electron chi connectivity index (χ2n) is 4.96. The molecule has 118 valence electrons. The van der Waals surface area contributed by atoms with Gasteiger partial charge in [0.15, 0.2) is 0 Å². The molecule has 0 bridgehead atoms. The Morgan fingerprint density at radius 1 is 0.913 bits per heavy atom. The molecule has 0 amide bonds. The maximum Gasteiger partial charge on any atom is 0.341 e. The zero-order chi connectivity index (χ0) is 16.9. The fraction of sp³-hybridized carbons (Fsp3) is 0.118. The minimum Gasteiger partial charge on any atom is -0.479 e. The third-order valence-corrected chi connectivity index (χ3v) is 3.53. The number of aliphatic carboxylic acids is 2. The number of nitrogens with one attached hydrogen (secondary N) is 2. The van der Waals surface area contributed by atoms with E-state index in [1.54, 1.807) is 48.5 Å². The van der Waals surface area contributed by atoms with E-state index in [0.717, 1.165) is 0 Å². The summed E-state index contributed by atoms with van der Waals surface area (Å²) in [5.74, 6) is -3.28. The van der Waals surface area contributed by atoms with Crippen LogP contribution in [0.25, 0.3) is 0 Å². The fourth-order valence-electron chi connectivity index (χ4n) is 2.26. The number of carbonyl (C=O) groups is 2. The molecule has 4 N–H and O–H groups in total. The van der Waals surface area contributed by atoms with Crippen molar-refractivity contribution in [1.82, 2.24) is 5.32 Å². The molecular weight excluding hydrogens is 296 g/mol. The van der Waals surface area contributed by atoms with Gasteiger partial charge in [0.1, 0.15) is 0 Å². The first-order valence-corrected chi connectivity index (χ1v) is 6.87. The van der Waals surface area contributed by atoms with Crippen molar-refractivity contribution < 1.29 is 19.8 Å². The van der Waals surface area contributed by atoms with Crippen molar-refractivity contribution in [2.45, 2.75) is 11.6 Å². The molecule has 0 aromatic heterocycles. The summed E-state index contributed by atoms with van der Waals surface area (Å²) in [6.45, 7) is 0. The van der Waals surface area contributed by atoms with Crippen molar-refractivity contribution in [3.63, 3.8) is 0 Å². The molecule has 2 aromatic rings. The lowest BCUT2D eigenvalue weighted by atomic mass is 9.93. The van der Waals surface area contributed by atoms with Crippen LogP contribution in [0.5, 0.6) is 0 Å². The smallest absolute Gasteiger partial charge is 0.341 e. The zero-order valence-electron chi connectivity index (χ0n) is 12.1. The Morgan fingerprint density at radius 2 is 1.30 bits per heavy atom. The summed E-state index contributed by atoms with van der Waals surface area (Å²) in [5, 5.41) is 28.6. The molecule has 23 heavy (non-hydrogen) atoms. The van der Waals surface area contributed by atoms with Gasteiger partial charge in [0.05, 0.1) is 6.04 Å². The second-order valence-corrected chi connectivity index (χ2v) is 4.96. The highest BCUT2D eigenvalue weighted by Crippen LogP contribution is 2.24. The molecule has 0 unspecified atom stereocenters. The van der Waals surface area contributed by atoms with Crippen molar-refractivity contribution in [3.8, 4) is 0 Å². The van der Waals surface area contributed by atoms with Gasteiger partial charge in [0.2, 0.25) is 0 Å². The molecule has 2 rings (SSSR count). The lowest BCUT2D eigenvalue weighted by Gasteiger charge is -2.28. The average Bonchev–Trinajstić information content (AvgIpc) is 2.57. The maximum atomic E-state index is 11.5. The van der Waals surface area contributed by atoms with Crippen LogP contribution >= 0.6 is 0 Å². The Labute approximate surface area is 132 Å². The van der Waals surface area contributed by atoms with E-state index >= 15 is 0 Å². The van der Waals surface area contributed by atoms with E-state index in [2.05, 4.69) is 5.32 Å². The highest BCUT2D eigenvalue weighted by atomic mass is 16.4. The van der Waals surface area contributed by atoms with Crippen LogP contribution in [0, 0.1) is 5.41 Å². The quantitative estimate of drug-likeness (QED) is 0.461. The minimum atomic E-state index is -2.50. The van der Waals surface area contributed by atoms with E-state index in [0.29, 0.717) is 17.3 Å². The summed E-state index contributed by atoms with van der Waals surface area (Å²) in [7, 11) is 0. The van der Waals surface area contributed by atoms with Gasteiger partial charge in [-0.2, -0.15) is 0 Å². The molecule has 2 aromatic carbocycles. The lowest BCUT2D eigenvalue weighted by Crippen LogP contribution is -2.60. The van der Waals surface area contributed by atoms with Crippen molar-refractivity contribution in [3.05, 3.63) is 71.8 Å². The van der Waals surface area contributed by atoms with Gasteiger partial charge in [0.25, 0.3) is 5.54 Å². The first-order chi connectivity index (χ1) is 11.0. The van der Waals surface area contributed by atoms with E-state index in [1.165, 1.54) is 0 Å². The summed E-state index contributed by atoms with van der Waals surface area (Å²) < 4.78 is 0. The number of hydrogen-bond donors (Lipinski definition) is 4. The van der Waals surface area contributed by atoms with Crippen LogP contribution in [0.3, 0.4) is 0 Å². The van der Waals surface area contributed by atoms with Crippen LogP contribution in [0.15, 0.2) is 60.7 Å². The van der Waals surface area contributed by atoms with Crippen LogP contribution in [0.1, 0.15) is 17.2 Å². The van der Waals surface area contributed by atoms with Crippen molar-refractivity contribution >= 4 is 18.2 Å². The van der Waals surface area contributed by atoms with Gasteiger partial charge in [-0.05, 0) is 11.1 Å². The standard InChI is InChI=1S/C17H16N2O4/c18-11-17(15(20)21,16(22)23)19-14(12-7-3-1-4-8-12)13-9-5-2-6-10-13/h1-11,14,18-19H,(H,20,21)(H,22,23). The molecular formula is C17H16N2O4. The van der Waals surface area contributed by atoms with Crippen LogP contribution in [-0.2, 0) is 9.59 Å². The van der Waals surface area contributed by atoms with Gasteiger partial charge in [-0.1, -0.05) is 60.7 Å². The third-order valence-electron chi connectivity index (χ3n) is 3.53. The molecule has 0 spiro atoms. The Kier molecular flexibility index (Phi) is 4.88. The zero-order valence-corrected chi connectivity index (χ0v) is 12.1. The van der Waals surface area contributed by atoms with Gasteiger partial charge < -0.3 is 15.6 Å². The van der Waals surface area contributed by atoms with Gasteiger partial charge in [0, 0.05) is 6.21 Å². The molecule has 0 aliphatic heterocycles. The number of hydrogen-bond acceptors (Lipinski definition) is 4. The Balaban J connectivity index is 2.53. The average molecular weight is 312 g/mol. The summed E-state index contributed by atoms with van der Waals surface area (Å²) in [6.07, 6.45) is 0.399. The Hall–Kier alpha value is -2.99. The van der Waals surface area contributed by atoms with E-state index in [1.807, 2.05) is 12.1 Å². The summed E-state index contributed by atoms with van der Waals surface area (Å²) in [5.41, 5.74) is -1.10. The molecule has 6 heteroatoms. The van der Waals surface area contributed by atoms with Gasteiger partial charge in [-0.15, -0.1) is 0 Å². The Bertz CT molecular complexity index is 648. The molecule has 0 fully saturated rings. The minimum absolute atomic E-state index is 0.399. The van der Waals surface area contributed by atoms with Crippen LogP contribution < -0.4 is 5.32 Å². The van der Waals surface area contributed by atoms with E-state index < -0.39 is 23.5 Å². The number of benzene rings is 2. The van der Waals surface area contributed by atoms with Gasteiger partial charge in [-0.3, -0.25) is 5.32 Å². The van der Waals surface area contributed by atoms with Crippen molar-refractivity contribution in [2.24, 2.45) is 0 Å². The first-order valence-electron chi connectivity index (χ1n) is 6.87. The molecule has 0 atom stereocenters. The number of carboxylic acids is 2. The van der Waals surface area contributed by atoms with E-state index in [9.17, 15) is 19.8 Å². The predicted octanol–water partition coefficient (Wildman–Crippen LogP) is 1.92. The highest BCUT2D eigenvalue weighted by Gasteiger charge is 2.47. The molecule has 0 heterocycles. The lowest BCUT2D eigenvalue weighted by molar-refractivity contribution is -0.154. The van der Waals surface area contributed by atoms with Gasteiger partial charge >= 0.3 is 11.9 Å². The van der Waals surface area contributed by atoms with Crippen molar-refractivity contribution in [2.75, 3.05) is 0 Å². The SMILES string of the molecule is N=CC(NC(c1ccccc1)c1ccccc1)(C(=O)O)C(=O)O. The summed E-state index contributed by atoms with van der Waals surface area (Å²) in [6, 6.07) is 17.1.